The number of hydrogen-bond acceptors (Lipinski definition) is 3. The largest absolute Gasteiger partial charge is 0.381 e. The number of imidazole rings is 1. The van der Waals surface area contributed by atoms with E-state index >= 15 is 0 Å². The van der Waals surface area contributed by atoms with E-state index in [0.29, 0.717) is 25.6 Å². The second kappa shape index (κ2) is 8.93. The lowest BCUT2D eigenvalue weighted by Crippen LogP contribution is -2.40. The Labute approximate surface area is 133 Å². The number of likely N-dealkylation sites (tertiary alicyclic amines) is 1. The van der Waals surface area contributed by atoms with Crippen LogP contribution in [0.4, 0.5) is 0 Å². The van der Waals surface area contributed by atoms with Crippen molar-refractivity contribution in [1.82, 2.24) is 14.5 Å². The van der Waals surface area contributed by atoms with Gasteiger partial charge in [-0.25, -0.2) is 4.98 Å². The third-order valence-corrected chi connectivity index (χ3v) is 4.30. The average molecular weight is 307 g/mol. The van der Waals surface area contributed by atoms with Crippen molar-refractivity contribution in [3.05, 3.63) is 18.2 Å². The molecule has 1 saturated heterocycles. The first-order valence-electron chi connectivity index (χ1n) is 8.62. The minimum atomic E-state index is 0.213. The van der Waals surface area contributed by atoms with Crippen molar-refractivity contribution >= 4 is 5.91 Å². The molecular formula is C17H29N3O2. The van der Waals surface area contributed by atoms with Gasteiger partial charge in [0.05, 0.1) is 13.0 Å². The topological polar surface area (TPSA) is 47.4 Å². The summed E-state index contributed by atoms with van der Waals surface area (Å²) in [5.41, 5.74) is 0. The van der Waals surface area contributed by atoms with Gasteiger partial charge in [0.15, 0.2) is 0 Å². The Hall–Kier alpha value is -1.36. The van der Waals surface area contributed by atoms with Crippen LogP contribution in [0.1, 0.15) is 57.7 Å². The summed E-state index contributed by atoms with van der Waals surface area (Å²) < 4.78 is 7.56. The van der Waals surface area contributed by atoms with Gasteiger partial charge in [0.25, 0.3) is 0 Å². The fourth-order valence-electron chi connectivity index (χ4n) is 3.07. The summed E-state index contributed by atoms with van der Waals surface area (Å²) >= 11 is 0. The number of amides is 1. The van der Waals surface area contributed by atoms with E-state index in [0.717, 1.165) is 38.3 Å². The van der Waals surface area contributed by atoms with Crippen molar-refractivity contribution in [2.45, 2.75) is 58.4 Å². The molecule has 1 aliphatic heterocycles. The molecule has 0 aromatic carbocycles. The first-order valence-corrected chi connectivity index (χ1v) is 8.62. The molecule has 0 radical (unpaired) electrons. The zero-order chi connectivity index (χ0) is 15.8. The Morgan fingerprint density at radius 2 is 2.32 bits per heavy atom. The van der Waals surface area contributed by atoms with E-state index in [-0.39, 0.29) is 5.91 Å². The number of aryl methyl sites for hydroxylation is 1. The van der Waals surface area contributed by atoms with E-state index in [1.54, 1.807) is 0 Å². The highest BCUT2D eigenvalue weighted by molar-refractivity contribution is 5.76. The number of ether oxygens (including phenoxy) is 1. The van der Waals surface area contributed by atoms with Crippen LogP contribution in [-0.4, -0.2) is 46.7 Å². The van der Waals surface area contributed by atoms with Crippen LogP contribution in [0.5, 0.6) is 0 Å². The number of unbranched alkanes of at least 4 members (excludes halogenated alkanes) is 1. The molecule has 0 saturated carbocycles. The molecule has 22 heavy (non-hydrogen) atoms. The predicted octanol–water partition coefficient (Wildman–Crippen LogP) is 2.82. The molecule has 0 spiro atoms. The van der Waals surface area contributed by atoms with Crippen LogP contribution in [0.25, 0.3) is 0 Å². The minimum Gasteiger partial charge on any atom is -0.381 e. The number of aromatic nitrogens is 2. The van der Waals surface area contributed by atoms with Gasteiger partial charge in [0.1, 0.15) is 5.82 Å². The van der Waals surface area contributed by atoms with E-state index in [1.807, 2.05) is 18.0 Å². The lowest BCUT2D eigenvalue weighted by Gasteiger charge is -2.32. The van der Waals surface area contributed by atoms with E-state index in [9.17, 15) is 4.79 Å². The first kappa shape index (κ1) is 17.0. The van der Waals surface area contributed by atoms with Gasteiger partial charge in [0.2, 0.25) is 5.91 Å². The lowest BCUT2D eigenvalue weighted by molar-refractivity contribution is -0.133. The maximum atomic E-state index is 12.3. The van der Waals surface area contributed by atoms with Gasteiger partial charge in [-0.3, -0.25) is 4.79 Å². The fourth-order valence-corrected chi connectivity index (χ4v) is 3.07. The molecule has 124 valence electrons. The van der Waals surface area contributed by atoms with Crippen LogP contribution >= 0.6 is 0 Å². The molecular weight excluding hydrogens is 278 g/mol. The Balaban J connectivity index is 1.92. The molecule has 1 amide bonds. The molecule has 1 atom stereocenters. The smallest absolute Gasteiger partial charge is 0.224 e. The number of carbonyl (C=O) groups excluding carboxylic acids is 1. The first-order chi connectivity index (χ1) is 10.8. The zero-order valence-corrected chi connectivity index (χ0v) is 14.0. The van der Waals surface area contributed by atoms with Crippen molar-refractivity contribution < 1.29 is 9.53 Å². The van der Waals surface area contributed by atoms with Crippen LogP contribution < -0.4 is 0 Å². The van der Waals surface area contributed by atoms with E-state index in [2.05, 4.69) is 22.7 Å². The van der Waals surface area contributed by atoms with E-state index in [1.165, 1.54) is 12.8 Å². The monoisotopic (exact) mass is 307 g/mol. The molecule has 5 nitrogen and oxygen atoms in total. The summed E-state index contributed by atoms with van der Waals surface area (Å²) in [6.07, 6.45) is 8.99. The molecule has 0 unspecified atom stereocenters. The highest BCUT2D eigenvalue weighted by Crippen LogP contribution is 2.26. The van der Waals surface area contributed by atoms with Crippen molar-refractivity contribution in [1.29, 1.82) is 0 Å². The van der Waals surface area contributed by atoms with Crippen molar-refractivity contribution in [3.8, 4) is 0 Å². The molecule has 1 aromatic rings. The summed E-state index contributed by atoms with van der Waals surface area (Å²) in [6, 6.07) is 0. The summed E-state index contributed by atoms with van der Waals surface area (Å²) in [7, 11) is 0. The molecule has 2 rings (SSSR count). The third kappa shape index (κ3) is 4.57. The molecule has 1 aliphatic rings. The Kier molecular flexibility index (Phi) is 6.90. The highest BCUT2D eigenvalue weighted by atomic mass is 16.5. The fraction of sp³-hybridized carbons (Fsp3) is 0.765. The molecule has 2 heterocycles. The van der Waals surface area contributed by atoms with Gasteiger partial charge in [-0.2, -0.15) is 0 Å². The number of rotatable bonds is 8. The molecule has 0 aliphatic carbocycles. The second-order valence-corrected chi connectivity index (χ2v) is 5.96. The summed E-state index contributed by atoms with van der Waals surface area (Å²) in [5.74, 6) is 1.73. The van der Waals surface area contributed by atoms with E-state index < -0.39 is 0 Å². The highest BCUT2D eigenvalue weighted by Gasteiger charge is 2.27. The minimum absolute atomic E-state index is 0.213. The summed E-state index contributed by atoms with van der Waals surface area (Å²) in [4.78, 5) is 18.8. The molecule has 0 N–H and O–H groups in total. The number of nitrogens with zero attached hydrogens (tertiary/aromatic N) is 3. The Morgan fingerprint density at radius 3 is 3.09 bits per heavy atom. The Bertz CT molecular complexity index is 459. The van der Waals surface area contributed by atoms with Crippen molar-refractivity contribution in [2.24, 2.45) is 0 Å². The Morgan fingerprint density at radius 1 is 1.45 bits per heavy atom. The van der Waals surface area contributed by atoms with Gasteiger partial charge in [-0.15, -0.1) is 0 Å². The number of hydrogen-bond donors (Lipinski definition) is 0. The molecule has 0 bridgehead atoms. The van der Waals surface area contributed by atoms with Crippen LogP contribution in [0.3, 0.4) is 0 Å². The summed E-state index contributed by atoms with van der Waals surface area (Å²) in [5, 5.41) is 0. The normalized spacial score (nSPS) is 18.6. The van der Waals surface area contributed by atoms with Crippen molar-refractivity contribution in [3.63, 3.8) is 0 Å². The van der Waals surface area contributed by atoms with Crippen LogP contribution in [0.15, 0.2) is 12.4 Å². The zero-order valence-electron chi connectivity index (χ0n) is 14.0. The van der Waals surface area contributed by atoms with Gasteiger partial charge in [0, 0.05) is 44.6 Å². The van der Waals surface area contributed by atoms with Gasteiger partial charge in [-0.1, -0.05) is 13.3 Å². The average Bonchev–Trinajstić information content (AvgIpc) is 3.01. The van der Waals surface area contributed by atoms with Gasteiger partial charge >= 0.3 is 0 Å². The number of carbonyl (C=O) groups is 1. The quantitative estimate of drug-likeness (QED) is 0.694. The maximum Gasteiger partial charge on any atom is 0.224 e. The van der Waals surface area contributed by atoms with Crippen LogP contribution in [0.2, 0.25) is 0 Å². The number of piperidine rings is 1. The predicted molar refractivity (Wildman–Crippen MR) is 86.8 cm³/mol. The molecule has 1 fully saturated rings. The lowest BCUT2D eigenvalue weighted by atomic mass is 9.96. The van der Waals surface area contributed by atoms with Crippen LogP contribution in [0, 0.1) is 0 Å². The third-order valence-electron chi connectivity index (χ3n) is 4.30. The summed E-state index contributed by atoms with van der Waals surface area (Å²) in [6.45, 7) is 8.06. The molecule has 5 heteroatoms. The second-order valence-electron chi connectivity index (χ2n) is 5.96. The van der Waals surface area contributed by atoms with E-state index in [4.69, 9.17) is 4.74 Å². The van der Waals surface area contributed by atoms with Gasteiger partial charge < -0.3 is 14.2 Å². The SMILES string of the molecule is CCCCn1ccnc1[C@H]1CCCN(C(=O)CCOCC)C1. The van der Waals surface area contributed by atoms with Crippen molar-refractivity contribution in [2.75, 3.05) is 26.3 Å². The maximum absolute atomic E-state index is 12.3. The van der Waals surface area contributed by atoms with Gasteiger partial charge in [-0.05, 0) is 26.2 Å². The standard InChI is InChI=1S/C17H29N3O2/c1-3-5-10-19-12-9-18-17(19)15-7-6-11-20(14-15)16(21)8-13-22-4-2/h9,12,15H,3-8,10-11,13-14H2,1-2H3/t15-/m0/s1. The van der Waals surface area contributed by atoms with Crippen LogP contribution in [-0.2, 0) is 16.1 Å². The molecule has 1 aromatic heterocycles.